The number of carbonyl (C=O) groups is 2. The van der Waals surface area contributed by atoms with Gasteiger partial charge in [-0.1, -0.05) is 23.7 Å². The molecule has 35 heavy (non-hydrogen) atoms. The molecular formula is C24H19ClF2N4O4. The maximum Gasteiger partial charge on any atom is 0.278 e. The molecule has 0 spiro atoms. The number of hydrogen-bond donors (Lipinski definition) is 2. The zero-order valence-corrected chi connectivity index (χ0v) is 19.1. The highest BCUT2D eigenvalue weighted by molar-refractivity contribution is 6.30. The van der Waals surface area contributed by atoms with Crippen LogP contribution in [0.15, 0.2) is 47.4 Å². The molecule has 8 nitrogen and oxygen atoms in total. The van der Waals surface area contributed by atoms with Crippen LogP contribution in [0.5, 0.6) is 5.75 Å². The lowest BCUT2D eigenvalue weighted by atomic mass is 10.1. The van der Waals surface area contributed by atoms with E-state index in [1.54, 1.807) is 24.1 Å². The van der Waals surface area contributed by atoms with Gasteiger partial charge in [0.15, 0.2) is 11.4 Å². The molecular weight excluding hydrogens is 482 g/mol. The molecule has 3 aromatic rings. The third kappa shape index (κ3) is 3.61. The van der Waals surface area contributed by atoms with Crippen molar-refractivity contribution >= 4 is 23.4 Å². The molecule has 0 radical (unpaired) electrons. The number of rotatable bonds is 4. The van der Waals surface area contributed by atoms with Crippen LogP contribution in [-0.4, -0.2) is 33.0 Å². The number of hydrogen-bond acceptors (Lipinski definition) is 5. The predicted octanol–water partition coefficient (Wildman–Crippen LogP) is 3.04. The monoisotopic (exact) mass is 500 g/mol. The Morgan fingerprint density at radius 2 is 1.97 bits per heavy atom. The average Bonchev–Trinajstić information content (AvgIpc) is 3.18. The van der Waals surface area contributed by atoms with Crippen molar-refractivity contribution in [3.63, 3.8) is 0 Å². The first kappa shape index (κ1) is 22.9. The third-order valence-corrected chi connectivity index (χ3v) is 6.47. The van der Waals surface area contributed by atoms with Gasteiger partial charge in [-0.3, -0.25) is 24.1 Å². The quantitative estimate of drug-likeness (QED) is 0.574. The van der Waals surface area contributed by atoms with Gasteiger partial charge in [0, 0.05) is 41.5 Å². The number of fused-ring (bicyclic) bond motifs is 5. The number of aromatic nitrogens is 1. The van der Waals surface area contributed by atoms with E-state index < -0.39 is 46.4 Å². The number of nitrogens with one attached hydrogen (secondary N) is 1. The molecule has 1 atom stereocenters. The largest absolute Gasteiger partial charge is 0.502 e. The molecule has 180 valence electrons. The van der Waals surface area contributed by atoms with E-state index in [-0.39, 0.29) is 17.8 Å². The summed E-state index contributed by atoms with van der Waals surface area (Å²) in [5.74, 6) is -3.92. The van der Waals surface area contributed by atoms with Crippen molar-refractivity contribution in [2.24, 2.45) is 0 Å². The minimum absolute atomic E-state index is 0.0164. The lowest BCUT2D eigenvalue weighted by Gasteiger charge is -2.43. The summed E-state index contributed by atoms with van der Waals surface area (Å²) in [6.45, 7) is 2.08. The molecule has 0 saturated carbocycles. The predicted molar refractivity (Wildman–Crippen MR) is 123 cm³/mol. The molecule has 3 heterocycles. The Morgan fingerprint density at radius 1 is 1.20 bits per heavy atom. The fourth-order valence-corrected chi connectivity index (χ4v) is 4.75. The minimum atomic E-state index is -1.03. The Bertz CT molecular complexity index is 1460. The second kappa shape index (κ2) is 8.38. The summed E-state index contributed by atoms with van der Waals surface area (Å²) in [7, 11) is 0. The number of halogens is 3. The minimum Gasteiger partial charge on any atom is -0.502 e. The molecule has 0 bridgehead atoms. The Hall–Kier alpha value is -3.92. The van der Waals surface area contributed by atoms with Crippen LogP contribution in [0.3, 0.4) is 0 Å². The van der Waals surface area contributed by atoms with Crippen LogP contribution < -0.4 is 15.8 Å². The van der Waals surface area contributed by atoms with E-state index in [4.69, 9.17) is 11.6 Å². The third-order valence-electron chi connectivity index (χ3n) is 6.24. The number of pyridine rings is 1. The van der Waals surface area contributed by atoms with E-state index >= 15 is 0 Å². The topological polar surface area (TPSA) is 94.9 Å². The summed E-state index contributed by atoms with van der Waals surface area (Å²) in [6, 6.07) is 8.22. The van der Waals surface area contributed by atoms with Crippen molar-refractivity contribution in [1.29, 1.82) is 0 Å². The molecule has 2 aliphatic heterocycles. The first-order chi connectivity index (χ1) is 16.7. The van der Waals surface area contributed by atoms with Gasteiger partial charge >= 0.3 is 0 Å². The van der Waals surface area contributed by atoms with E-state index in [1.807, 2.05) is 6.07 Å². The van der Waals surface area contributed by atoms with Crippen molar-refractivity contribution in [2.75, 3.05) is 11.6 Å². The van der Waals surface area contributed by atoms with Gasteiger partial charge < -0.3 is 15.3 Å². The Morgan fingerprint density at radius 3 is 2.69 bits per heavy atom. The van der Waals surface area contributed by atoms with Crippen LogP contribution in [-0.2, 0) is 13.1 Å². The second-order valence-corrected chi connectivity index (χ2v) is 8.67. The smallest absolute Gasteiger partial charge is 0.278 e. The van der Waals surface area contributed by atoms with Gasteiger partial charge in [0.2, 0.25) is 5.43 Å². The number of benzene rings is 2. The van der Waals surface area contributed by atoms with Gasteiger partial charge in [-0.05, 0) is 30.7 Å². The summed E-state index contributed by atoms with van der Waals surface area (Å²) in [4.78, 5) is 40.5. The van der Waals surface area contributed by atoms with Gasteiger partial charge in [0.05, 0.1) is 6.54 Å². The van der Waals surface area contributed by atoms with E-state index in [0.717, 1.165) is 17.2 Å². The van der Waals surface area contributed by atoms with Crippen LogP contribution >= 0.6 is 11.6 Å². The van der Waals surface area contributed by atoms with E-state index in [1.165, 1.54) is 21.8 Å². The fraction of sp³-hybridized carbons (Fsp3) is 0.208. The van der Waals surface area contributed by atoms with Crippen LogP contribution in [0.1, 0.15) is 50.6 Å². The van der Waals surface area contributed by atoms with Gasteiger partial charge in [-0.25, -0.2) is 8.78 Å². The van der Waals surface area contributed by atoms with Crippen molar-refractivity contribution in [3.05, 3.63) is 97.4 Å². The Kier molecular flexibility index (Phi) is 5.47. The van der Waals surface area contributed by atoms with Crippen LogP contribution in [0.2, 0.25) is 5.02 Å². The number of nitrogens with zero attached hydrogens (tertiary/aromatic N) is 3. The van der Waals surface area contributed by atoms with Crippen LogP contribution in [0.25, 0.3) is 0 Å². The first-order valence-electron chi connectivity index (χ1n) is 10.8. The Labute approximate surface area is 202 Å². The summed E-state index contributed by atoms with van der Waals surface area (Å²) in [5.41, 5.74) is -0.00476. The molecule has 2 aliphatic rings. The molecule has 2 amide bonds. The normalized spacial score (nSPS) is 16.1. The number of carbonyl (C=O) groups excluding carboxylic acids is 2. The highest BCUT2D eigenvalue weighted by atomic mass is 35.5. The maximum atomic E-state index is 13.9. The van der Waals surface area contributed by atoms with E-state index in [0.29, 0.717) is 24.2 Å². The molecule has 2 N–H and O–H groups in total. The first-order valence-corrected chi connectivity index (χ1v) is 11.2. The number of amides is 2. The van der Waals surface area contributed by atoms with Gasteiger partial charge in [-0.2, -0.15) is 0 Å². The highest BCUT2D eigenvalue weighted by Crippen LogP contribution is 2.40. The molecule has 0 unspecified atom stereocenters. The average molecular weight is 501 g/mol. The summed E-state index contributed by atoms with van der Waals surface area (Å²) < 4.78 is 28.4. The van der Waals surface area contributed by atoms with Gasteiger partial charge in [-0.15, -0.1) is 0 Å². The molecule has 2 aromatic carbocycles. The lowest BCUT2D eigenvalue weighted by Crippen LogP contribution is -2.53. The van der Waals surface area contributed by atoms with E-state index in [2.05, 4.69) is 5.32 Å². The van der Waals surface area contributed by atoms with Crippen molar-refractivity contribution in [2.45, 2.75) is 26.2 Å². The van der Waals surface area contributed by atoms with Crippen molar-refractivity contribution < 1.29 is 23.5 Å². The fourth-order valence-electron chi connectivity index (χ4n) is 4.56. The maximum absolute atomic E-state index is 13.9. The summed E-state index contributed by atoms with van der Waals surface area (Å²) in [5, 5.41) is 15.4. The SMILES string of the molecule is CCN1C(=O)c2c(O)c(=O)c(C(=O)NCc3ccc(F)cc3F)cn2N2Cc3cc(Cl)ccc3[C@@H]12. The summed E-state index contributed by atoms with van der Waals surface area (Å²) >= 11 is 6.15. The zero-order chi connectivity index (χ0) is 25.0. The molecule has 1 aromatic heterocycles. The standard InChI is InChI=1S/C24H19ClF2N4O4/c1-2-29-23-16-6-4-14(25)7-13(16)10-31(23)30-11-17(20(32)21(33)19(30)24(29)35)22(34)28-9-12-3-5-15(26)8-18(12)27/h3-8,11,23,33H,2,9-10H2,1H3,(H,28,34)/t23-/m0/s1. The number of aromatic hydroxyl groups is 1. The molecule has 5 rings (SSSR count). The molecule has 0 aliphatic carbocycles. The zero-order valence-electron chi connectivity index (χ0n) is 18.4. The van der Waals surface area contributed by atoms with Crippen molar-refractivity contribution in [1.82, 2.24) is 14.9 Å². The highest BCUT2D eigenvalue weighted by Gasteiger charge is 2.44. The molecule has 0 fully saturated rings. The Balaban J connectivity index is 1.55. The van der Waals surface area contributed by atoms with Crippen molar-refractivity contribution in [3.8, 4) is 5.75 Å². The molecule has 11 heteroatoms. The van der Waals surface area contributed by atoms with Gasteiger partial charge in [0.1, 0.15) is 23.4 Å². The van der Waals surface area contributed by atoms with Crippen LogP contribution in [0.4, 0.5) is 8.78 Å². The second-order valence-electron chi connectivity index (χ2n) is 8.24. The van der Waals surface area contributed by atoms with E-state index in [9.17, 15) is 28.3 Å². The van der Waals surface area contributed by atoms with Crippen LogP contribution in [0, 0.1) is 11.6 Å². The van der Waals surface area contributed by atoms with Gasteiger partial charge in [0.25, 0.3) is 11.8 Å². The summed E-state index contributed by atoms with van der Waals surface area (Å²) in [6.07, 6.45) is 0.664. The molecule has 0 saturated heterocycles. The lowest BCUT2D eigenvalue weighted by molar-refractivity contribution is 0.0590.